The van der Waals surface area contributed by atoms with Crippen molar-refractivity contribution in [3.8, 4) is 35.5 Å². The summed E-state index contributed by atoms with van der Waals surface area (Å²) in [6.07, 6.45) is 9.85. The van der Waals surface area contributed by atoms with Crippen molar-refractivity contribution in [2.24, 2.45) is 0 Å². The summed E-state index contributed by atoms with van der Waals surface area (Å²) in [7, 11) is 0. The van der Waals surface area contributed by atoms with Gasteiger partial charge in [0.25, 0.3) is 0 Å². The van der Waals surface area contributed by atoms with Gasteiger partial charge in [-0.25, -0.2) is 18.2 Å². The molecule has 3 saturated heterocycles. The van der Waals surface area contributed by atoms with Crippen molar-refractivity contribution in [1.29, 1.82) is 0 Å². The van der Waals surface area contributed by atoms with Crippen molar-refractivity contribution in [1.82, 2.24) is 19.9 Å². The third-order valence-electron chi connectivity index (χ3n) is 9.74. The maximum atomic E-state index is 16.9. The lowest BCUT2D eigenvalue weighted by Crippen LogP contribution is -2.44. The van der Waals surface area contributed by atoms with Gasteiger partial charge in [-0.1, -0.05) is 12.0 Å². The number of pyridine rings is 1. The highest BCUT2D eigenvalue weighted by atomic mass is 19.1. The molecule has 0 bridgehead atoms. The van der Waals surface area contributed by atoms with Gasteiger partial charge in [0.05, 0.1) is 17.1 Å². The highest BCUT2D eigenvalue weighted by Gasteiger charge is 2.49. The second kappa shape index (κ2) is 10.1. The summed E-state index contributed by atoms with van der Waals surface area (Å²) in [5, 5.41) is 1.22. The number of rotatable bonds is 4. The third kappa shape index (κ3) is 4.14. The van der Waals surface area contributed by atoms with Gasteiger partial charge < -0.3 is 20.1 Å². The normalized spacial score (nSPS) is 24.5. The Morgan fingerprint density at radius 3 is 2.86 bits per heavy atom. The Kier molecular flexibility index (Phi) is 6.27. The van der Waals surface area contributed by atoms with Crippen molar-refractivity contribution < 1.29 is 22.6 Å². The number of fused-ring (bicyclic) bond motifs is 4. The summed E-state index contributed by atoms with van der Waals surface area (Å²) in [6.45, 7) is 2.46. The van der Waals surface area contributed by atoms with Crippen LogP contribution in [0.4, 0.5) is 24.7 Å². The number of alkyl halides is 1. The average molecular weight is 601 g/mol. The second-order valence-electron chi connectivity index (χ2n) is 12.4. The average Bonchev–Trinajstić information content (AvgIpc) is 3.49. The molecule has 2 N–H and O–H groups in total. The standard InChI is InChI=1S/C33H31F3N6O2/c1-2-22-24(35)8-7-18-12-20(37)13-23(25(18)22)28-27(36)29-26-30(42-11-4-3-6-21(42)16-43-31(26)38-28)40-32(39-29)44-17-33-9-5-10-41(33)15-19(34)14-33/h1,7-8,12-13,19,21H,3-6,9-11,14-17,37H2/t19-,21+,33+/m1/s1. The fourth-order valence-electron chi connectivity index (χ4n) is 7.73. The summed E-state index contributed by atoms with van der Waals surface area (Å²) in [5.41, 5.74) is 6.22. The zero-order valence-corrected chi connectivity index (χ0v) is 24.1. The van der Waals surface area contributed by atoms with Gasteiger partial charge in [-0.3, -0.25) is 4.90 Å². The maximum absolute atomic E-state index is 16.9. The van der Waals surface area contributed by atoms with Crippen LogP contribution in [0.15, 0.2) is 24.3 Å². The van der Waals surface area contributed by atoms with Crippen molar-refractivity contribution in [3.05, 3.63) is 41.5 Å². The molecule has 2 aromatic heterocycles. The summed E-state index contributed by atoms with van der Waals surface area (Å²) in [5.74, 6) is 1.73. The molecule has 4 aliphatic rings. The predicted molar refractivity (Wildman–Crippen MR) is 162 cm³/mol. The minimum Gasteiger partial charge on any atom is -0.475 e. The molecule has 0 unspecified atom stereocenters. The maximum Gasteiger partial charge on any atom is 0.319 e. The number of benzene rings is 2. The highest BCUT2D eigenvalue weighted by molar-refractivity contribution is 6.04. The largest absolute Gasteiger partial charge is 0.475 e. The Bertz CT molecular complexity index is 1880. The van der Waals surface area contributed by atoms with Crippen LogP contribution in [0, 0.1) is 24.0 Å². The van der Waals surface area contributed by atoms with Crippen LogP contribution in [0.3, 0.4) is 0 Å². The van der Waals surface area contributed by atoms with Crippen LogP contribution in [0.5, 0.6) is 11.9 Å². The molecule has 0 radical (unpaired) electrons. The van der Waals surface area contributed by atoms with Gasteiger partial charge in [-0.05, 0) is 62.2 Å². The smallest absolute Gasteiger partial charge is 0.319 e. The van der Waals surface area contributed by atoms with Gasteiger partial charge in [0, 0.05) is 36.1 Å². The lowest BCUT2D eigenvalue weighted by molar-refractivity contribution is 0.107. The minimum absolute atomic E-state index is 0.0109. The van der Waals surface area contributed by atoms with E-state index >= 15 is 4.39 Å². The monoisotopic (exact) mass is 600 g/mol. The Balaban J connectivity index is 1.33. The van der Waals surface area contributed by atoms with Crippen LogP contribution in [0.1, 0.15) is 44.1 Å². The predicted octanol–water partition coefficient (Wildman–Crippen LogP) is 5.39. The molecule has 2 aromatic carbocycles. The van der Waals surface area contributed by atoms with E-state index in [9.17, 15) is 8.78 Å². The van der Waals surface area contributed by atoms with Crippen LogP contribution >= 0.6 is 0 Å². The number of hydrogen-bond donors (Lipinski definition) is 1. The number of hydrogen-bond acceptors (Lipinski definition) is 8. The molecule has 0 saturated carbocycles. The topological polar surface area (TPSA) is 89.6 Å². The van der Waals surface area contributed by atoms with Crippen molar-refractivity contribution in [3.63, 3.8) is 0 Å². The Labute approximate surface area is 252 Å². The third-order valence-corrected chi connectivity index (χ3v) is 9.74. The molecular weight excluding hydrogens is 569 g/mol. The Morgan fingerprint density at radius 2 is 2.00 bits per heavy atom. The van der Waals surface area contributed by atoms with Crippen LogP contribution in [-0.2, 0) is 0 Å². The van der Waals surface area contributed by atoms with Crippen LogP contribution in [0.2, 0.25) is 0 Å². The first-order valence-corrected chi connectivity index (χ1v) is 15.2. The van der Waals surface area contributed by atoms with Gasteiger partial charge in [0.15, 0.2) is 5.82 Å². The van der Waals surface area contributed by atoms with Gasteiger partial charge in [0.1, 0.15) is 47.6 Å². The van der Waals surface area contributed by atoms with E-state index in [1.807, 2.05) is 0 Å². The van der Waals surface area contributed by atoms with E-state index in [0.717, 1.165) is 38.6 Å². The van der Waals surface area contributed by atoms with Crippen LogP contribution in [-0.4, -0.2) is 70.5 Å². The minimum atomic E-state index is -0.910. The molecule has 4 aliphatic heterocycles. The molecule has 0 spiro atoms. The van der Waals surface area contributed by atoms with Crippen LogP contribution < -0.4 is 20.1 Å². The zero-order chi connectivity index (χ0) is 30.2. The number of nitrogen functional groups attached to an aromatic ring is 1. The SMILES string of the molecule is C#Cc1c(F)ccc2cc(N)cc(-c3nc4c5c(nc(OC[C@@]67CCCN6C[C@H](F)C7)nc5c3F)N3CCCC[C@H]3CO4)c12. The molecule has 4 aromatic rings. The highest BCUT2D eigenvalue weighted by Crippen LogP contribution is 2.45. The number of piperidine rings is 1. The van der Waals surface area contributed by atoms with E-state index in [1.165, 1.54) is 12.1 Å². The first-order chi connectivity index (χ1) is 21.3. The van der Waals surface area contributed by atoms with Gasteiger partial charge >= 0.3 is 6.01 Å². The quantitative estimate of drug-likeness (QED) is 0.246. The number of terminal acetylenes is 1. The fraction of sp³-hybridized carbons (Fsp3) is 0.424. The number of halogens is 3. The summed E-state index contributed by atoms with van der Waals surface area (Å²) in [4.78, 5) is 18.3. The number of aromatic nitrogens is 3. The van der Waals surface area contributed by atoms with Gasteiger partial charge in [0.2, 0.25) is 5.88 Å². The van der Waals surface area contributed by atoms with Crippen molar-refractivity contribution in [2.45, 2.75) is 56.3 Å². The van der Waals surface area contributed by atoms with E-state index in [0.29, 0.717) is 53.8 Å². The molecule has 0 aliphatic carbocycles. The summed E-state index contributed by atoms with van der Waals surface area (Å²) < 4.78 is 58.7. The molecule has 0 amide bonds. The molecule has 3 atom stereocenters. The fourth-order valence-corrected chi connectivity index (χ4v) is 7.73. The van der Waals surface area contributed by atoms with Crippen LogP contribution in [0.25, 0.3) is 32.9 Å². The van der Waals surface area contributed by atoms with Crippen molar-refractivity contribution in [2.75, 3.05) is 43.5 Å². The van der Waals surface area contributed by atoms with E-state index in [-0.39, 0.29) is 46.9 Å². The molecule has 8 nitrogen and oxygen atoms in total. The molecule has 3 fully saturated rings. The van der Waals surface area contributed by atoms with E-state index in [4.69, 9.17) is 26.6 Å². The van der Waals surface area contributed by atoms with Gasteiger partial charge in [-0.15, -0.1) is 6.42 Å². The molecule has 6 heterocycles. The van der Waals surface area contributed by atoms with E-state index < -0.39 is 23.3 Å². The first-order valence-electron chi connectivity index (χ1n) is 15.2. The number of ether oxygens (including phenoxy) is 2. The lowest BCUT2D eigenvalue weighted by Gasteiger charge is -2.35. The molecule has 11 heteroatoms. The molecule has 44 heavy (non-hydrogen) atoms. The summed E-state index contributed by atoms with van der Waals surface area (Å²) in [6, 6.07) is 6.03. The number of anilines is 2. The lowest BCUT2D eigenvalue weighted by atomic mass is 9.95. The molecular formula is C33H31F3N6O2. The van der Waals surface area contributed by atoms with Gasteiger partial charge in [-0.2, -0.15) is 9.97 Å². The van der Waals surface area contributed by atoms with E-state index in [1.54, 1.807) is 12.1 Å². The number of nitrogens with zero attached hydrogens (tertiary/aromatic N) is 5. The molecule has 8 rings (SSSR count). The first kappa shape index (κ1) is 27.3. The summed E-state index contributed by atoms with van der Waals surface area (Å²) >= 11 is 0. The Hall–Kier alpha value is -4.30. The van der Waals surface area contributed by atoms with E-state index in [2.05, 4.69) is 25.7 Å². The zero-order valence-electron chi connectivity index (χ0n) is 24.1. The Morgan fingerprint density at radius 1 is 1.11 bits per heavy atom. The molecule has 226 valence electrons. The number of nitrogens with two attached hydrogens (primary N) is 1. The van der Waals surface area contributed by atoms with Crippen molar-refractivity contribution >= 4 is 33.2 Å². The second-order valence-corrected chi connectivity index (χ2v) is 12.4.